The molecule has 2 unspecified atom stereocenters. The van der Waals surface area contributed by atoms with Crippen molar-refractivity contribution in [3.63, 3.8) is 0 Å². The molecule has 0 radical (unpaired) electrons. The molecule has 0 bridgehead atoms. The molecule has 8 nitrogen and oxygen atoms in total. The molecular weight excluding hydrogens is 487 g/mol. The third-order valence-corrected chi connectivity index (χ3v) is 7.01. The molecule has 1 saturated carbocycles. The number of nitrogens with one attached hydrogen (secondary N) is 1. The van der Waals surface area contributed by atoms with Gasteiger partial charge in [-0.15, -0.1) is 0 Å². The quantitative estimate of drug-likeness (QED) is 0.357. The predicted octanol–water partition coefficient (Wildman–Crippen LogP) is 5.92. The highest BCUT2D eigenvalue weighted by Crippen LogP contribution is 2.41. The van der Waals surface area contributed by atoms with Gasteiger partial charge in [0, 0.05) is 18.0 Å². The van der Waals surface area contributed by atoms with Crippen molar-refractivity contribution in [2.24, 2.45) is 5.92 Å². The van der Waals surface area contributed by atoms with Crippen molar-refractivity contribution in [2.75, 3.05) is 11.9 Å². The average Bonchev–Trinajstić information content (AvgIpc) is 3.63. The molecule has 0 saturated heterocycles. The lowest BCUT2D eigenvalue weighted by atomic mass is 10.0. The Kier molecular flexibility index (Phi) is 7.33. The number of hydrogen-bond acceptors (Lipinski definition) is 7. The number of pyridine rings is 2. The maximum Gasteiger partial charge on any atom is 0.410 e. The van der Waals surface area contributed by atoms with Crippen molar-refractivity contribution in [1.82, 2.24) is 14.9 Å². The molecule has 1 aliphatic carbocycles. The van der Waals surface area contributed by atoms with E-state index in [1.807, 2.05) is 27.7 Å². The van der Waals surface area contributed by atoms with Gasteiger partial charge in [-0.2, -0.15) is 4.98 Å². The molecule has 1 N–H and O–H groups in total. The van der Waals surface area contributed by atoms with Crippen molar-refractivity contribution in [1.29, 1.82) is 0 Å². The molecule has 3 atom stereocenters. The first-order valence-electron chi connectivity index (χ1n) is 12.5. The van der Waals surface area contributed by atoms with Crippen LogP contribution in [0.25, 0.3) is 10.8 Å². The molecule has 0 spiro atoms. The number of carbonyl (C=O) groups excluding carboxylic acids is 2. The van der Waals surface area contributed by atoms with Gasteiger partial charge in [0.05, 0.1) is 11.4 Å². The lowest BCUT2D eigenvalue weighted by Crippen LogP contribution is -2.52. The van der Waals surface area contributed by atoms with Gasteiger partial charge in [-0.1, -0.05) is 24.9 Å². The van der Waals surface area contributed by atoms with Crippen LogP contribution in [0.5, 0.6) is 5.88 Å². The molecule has 196 valence electrons. The van der Waals surface area contributed by atoms with E-state index in [1.54, 1.807) is 11.8 Å². The smallest absolute Gasteiger partial charge is 0.410 e. The Morgan fingerprint density at radius 3 is 2.61 bits per heavy atom. The summed E-state index contributed by atoms with van der Waals surface area (Å²) in [6.07, 6.45) is 3.65. The van der Waals surface area contributed by atoms with Crippen LogP contribution in [0.3, 0.4) is 0 Å². The van der Waals surface area contributed by atoms with Gasteiger partial charge >= 0.3 is 6.09 Å². The lowest BCUT2D eigenvalue weighted by Gasteiger charge is -2.37. The highest BCUT2D eigenvalue weighted by Gasteiger charge is 2.41. The van der Waals surface area contributed by atoms with Crippen molar-refractivity contribution >= 4 is 40.6 Å². The third kappa shape index (κ3) is 5.21. The van der Waals surface area contributed by atoms with E-state index in [0.717, 1.165) is 25.7 Å². The number of aryl methyl sites for hydroxylation is 1. The predicted molar refractivity (Wildman–Crippen MR) is 136 cm³/mol. The Labute approximate surface area is 215 Å². The van der Waals surface area contributed by atoms with Crippen LogP contribution < -0.4 is 10.1 Å². The Bertz CT molecular complexity index is 1180. The molecule has 4 rings (SSSR count). The van der Waals surface area contributed by atoms with E-state index in [4.69, 9.17) is 21.1 Å². The minimum Gasteiger partial charge on any atom is -0.472 e. The largest absolute Gasteiger partial charge is 0.472 e. The standard InChI is InChI=1S/C26H34ClFN4O4/c1-7-8-18(15-9-10-15)32(25(34)36-26(4,5)6)11-16-14(3)35-24-20-19(21(28)22(27)31-24)13(2)17(12-33)30-23(20)29-16/h12,14-16,18H,7-11H2,1-6H3,(H,29,30)/t14-,16?,18?/m0/s1. The molecule has 2 aromatic heterocycles. The second-order valence-corrected chi connectivity index (χ2v) is 11.1. The van der Waals surface area contributed by atoms with Gasteiger partial charge in [-0.25, -0.2) is 14.2 Å². The number of ether oxygens (including phenoxy) is 2. The van der Waals surface area contributed by atoms with Crippen LogP contribution in [-0.4, -0.2) is 57.6 Å². The summed E-state index contributed by atoms with van der Waals surface area (Å²) in [4.78, 5) is 35.6. The molecule has 36 heavy (non-hydrogen) atoms. The maximum atomic E-state index is 15.1. The Morgan fingerprint density at radius 2 is 2.03 bits per heavy atom. The summed E-state index contributed by atoms with van der Waals surface area (Å²) >= 11 is 6.09. The van der Waals surface area contributed by atoms with Crippen LogP contribution in [0.15, 0.2) is 0 Å². The minimum atomic E-state index is -0.733. The number of hydrogen-bond donors (Lipinski definition) is 1. The Balaban J connectivity index is 1.75. The number of aromatic nitrogens is 2. The van der Waals surface area contributed by atoms with E-state index in [2.05, 4.69) is 22.2 Å². The van der Waals surface area contributed by atoms with Gasteiger partial charge in [0.1, 0.15) is 23.2 Å². The number of amides is 1. The number of nitrogens with zero attached hydrogens (tertiary/aromatic N) is 3. The number of rotatable bonds is 7. The summed E-state index contributed by atoms with van der Waals surface area (Å²) in [5.41, 5.74) is -0.196. The summed E-state index contributed by atoms with van der Waals surface area (Å²) in [6, 6.07) is -0.407. The molecular formula is C26H34ClFN4O4. The molecule has 0 aromatic carbocycles. The van der Waals surface area contributed by atoms with Crippen LogP contribution in [0, 0.1) is 18.7 Å². The molecule has 3 heterocycles. The van der Waals surface area contributed by atoms with Crippen molar-refractivity contribution in [2.45, 2.75) is 91.0 Å². The minimum absolute atomic E-state index is 0.0334. The van der Waals surface area contributed by atoms with Crippen molar-refractivity contribution < 1.29 is 23.5 Å². The van der Waals surface area contributed by atoms with Gasteiger partial charge < -0.3 is 19.7 Å². The van der Waals surface area contributed by atoms with Crippen LogP contribution in [-0.2, 0) is 4.74 Å². The maximum absolute atomic E-state index is 15.1. The zero-order valence-electron chi connectivity index (χ0n) is 21.7. The molecule has 2 aliphatic rings. The van der Waals surface area contributed by atoms with Crippen molar-refractivity contribution in [3.05, 3.63) is 22.2 Å². The summed E-state index contributed by atoms with van der Waals surface area (Å²) < 4.78 is 27.1. The molecule has 10 heteroatoms. The van der Waals surface area contributed by atoms with Crippen LogP contribution >= 0.6 is 11.6 Å². The second kappa shape index (κ2) is 10.00. The van der Waals surface area contributed by atoms with Gasteiger partial charge in [0.2, 0.25) is 5.88 Å². The van der Waals surface area contributed by atoms with E-state index in [0.29, 0.717) is 23.2 Å². The van der Waals surface area contributed by atoms with E-state index in [1.165, 1.54) is 0 Å². The topological polar surface area (TPSA) is 93.7 Å². The molecule has 1 aliphatic heterocycles. The highest BCUT2D eigenvalue weighted by atomic mass is 35.5. The van der Waals surface area contributed by atoms with E-state index < -0.39 is 23.6 Å². The zero-order chi connectivity index (χ0) is 26.4. The number of halogens is 2. The molecule has 1 amide bonds. The first-order chi connectivity index (χ1) is 16.9. The first kappa shape index (κ1) is 26.4. The van der Waals surface area contributed by atoms with E-state index in [-0.39, 0.29) is 46.6 Å². The first-order valence-corrected chi connectivity index (χ1v) is 12.9. The lowest BCUT2D eigenvalue weighted by molar-refractivity contribution is 0.00895. The summed E-state index contributed by atoms with van der Waals surface area (Å²) in [5, 5.41) is 3.46. The number of aldehydes is 1. The normalized spacial score (nSPS) is 20.2. The SMILES string of the molecule is CCCC(C1CC1)N(CC1Nc2nc(C=O)c(C)c3c(F)c(Cl)nc(c23)O[C@H]1C)C(=O)OC(C)(C)C. The van der Waals surface area contributed by atoms with Gasteiger partial charge in [0.15, 0.2) is 17.3 Å². The van der Waals surface area contributed by atoms with E-state index in [9.17, 15) is 9.59 Å². The average molecular weight is 521 g/mol. The van der Waals surface area contributed by atoms with Crippen LogP contribution in [0.2, 0.25) is 5.15 Å². The highest BCUT2D eigenvalue weighted by molar-refractivity contribution is 6.30. The van der Waals surface area contributed by atoms with Crippen molar-refractivity contribution in [3.8, 4) is 5.88 Å². The second-order valence-electron chi connectivity index (χ2n) is 10.8. The van der Waals surface area contributed by atoms with E-state index >= 15 is 4.39 Å². The Morgan fingerprint density at radius 1 is 1.33 bits per heavy atom. The Hall–Kier alpha value is -2.68. The summed E-state index contributed by atoms with van der Waals surface area (Å²) in [7, 11) is 0. The third-order valence-electron chi connectivity index (χ3n) is 6.76. The fraction of sp³-hybridized carbons (Fsp3) is 0.615. The summed E-state index contributed by atoms with van der Waals surface area (Å²) in [5.74, 6) is 0.103. The monoisotopic (exact) mass is 520 g/mol. The van der Waals surface area contributed by atoms with Gasteiger partial charge in [-0.05, 0) is 65.4 Å². The van der Waals surface area contributed by atoms with Crippen LogP contribution in [0.1, 0.15) is 76.4 Å². The van der Waals surface area contributed by atoms with Gasteiger partial charge in [-0.3, -0.25) is 4.79 Å². The van der Waals surface area contributed by atoms with Gasteiger partial charge in [0.25, 0.3) is 0 Å². The fourth-order valence-electron chi connectivity index (χ4n) is 4.82. The number of carbonyl (C=O) groups is 2. The molecule has 1 fully saturated rings. The van der Waals surface area contributed by atoms with Crippen LogP contribution in [0.4, 0.5) is 15.0 Å². The molecule has 2 aromatic rings. The zero-order valence-corrected chi connectivity index (χ0v) is 22.4. The number of anilines is 1. The fourth-order valence-corrected chi connectivity index (χ4v) is 5.00. The summed E-state index contributed by atoms with van der Waals surface area (Å²) in [6.45, 7) is 11.4.